The molecule has 0 atom stereocenters. The molecular weight excluding hydrogens is 833 g/mol. The highest BCUT2D eigenvalue weighted by Gasteiger charge is 2.33. The van der Waals surface area contributed by atoms with E-state index in [1.165, 1.54) is 128 Å². The van der Waals surface area contributed by atoms with Gasteiger partial charge < -0.3 is 9.80 Å². The standard InChI is InChI=1S/C67H64N2/c1-42-22-32-55(66(6,7)8)61(34-42)68-57-39-46(44-18-14-12-15-19-44)24-26-48(57)36-49-27-25-47(45-20-16-13-17-21-45)40-58(49)69(62-35-43(2)23-33-56(62)67(9,10)11)60-41-59(68)53-30-28-50-37-52(65(3,4)5)38-51-29-31-54(60)64(53)63(50)51/h12-35,37-41H,36H2,1-11H3. The normalized spacial score (nSPS) is 13.3. The van der Waals surface area contributed by atoms with Crippen LogP contribution in [0, 0.1) is 13.8 Å². The average Bonchev–Trinajstić information content (AvgIpc) is 3.31. The van der Waals surface area contributed by atoms with Crippen LogP contribution in [0.15, 0.2) is 176 Å². The first-order valence-electron chi connectivity index (χ1n) is 24.9. The number of rotatable bonds is 4. The van der Waals surface area contributed by atoms with Crippen LogP contribution in [-0.2, 0) is 22.7 Å². The molecule has 10 aromatic carbocycles. The van der Waals surface area contributed by atoms with E-state index in [0.29, 0.717) is 0 Å². The van der Waals surface area contributed by atoms with Crippen molar-refractivity contribution in [3.05, 3.63) is 215 Å². The highest BCUT2D eigenvalue weighted by molar-refractivity contribution is 6.29. The molecule has 1 heterocycles. The molecule has 0 amide bonds. The Balaban J connectivity index is 1.38. The van der Waals surface area contributed by atoms with E-state index in [4.69, 9.17) is 0 Å². The first kappa shape index (κ1) is 44.4. The topological polar surface area (TPSA) is 6.48 Å². The fourth-order valence-electron chi connectivity index (χ4n) is 11.1. The quantitative estimate of drug-likeness (QED) is 0.162. The third kappa shape index (κ3) is 7.75. The summed E-state index contributed by atoms with van der Waals surface area (Å²) in [6.07, 6.45) is 0.727. The van der Waals surface area contributed by atoms with Gasteiger partial charge in [0.1, 0.15) is 0 Å². The van der Waals surface area contributed by atoms with Crippen molar-refractivity contribution in [3.8, 4) is 22.3 Å². The first-order chi connectivity index (χ1) is 32.9. The zero-order valence-corrected chi connectivity index (χ0v) is 42.3. The van der Waals surface area contributed by atoms with Gasteiger partial charge in [-0.1, -0.05) is 208 Å². The predicted molar refractivity (Wildman–Crippen MR) is 299 cm³/mol. The molecule has 1 aliphatic heterocycles. The fourth-order valence-corrected chi connectivity index (χ4v) is 11.1. The van der Waals surface area contributed by atoms with E-state index < -0.39 is 0 Å². The van der Waals surface area contributed by atoms with Gasteiger partial charge in [-0.3, -0.25) is 0 Å². The van der Waals surface area contributed by atoms with E-state index in [1.807, 2.05) is 0 Å². The van der Waals surface area contributed by atoms with E-state index in [-0.39, 0.29) is 16.2 Å². The molecule has 0 aliphatic carbocycles. The van der Waals surface area contributed by atoms with E-state index >= 15 is 0 Å². The molecule has 69 heavy (non-hydrogen) atoms. The Morgan fingerprint density at radius 3 is 1.17 bits per heavy atom. The summed E-state index contributed by atoms with van der Waals surface area (Å²) in [5, 5.41) is 7.65. The number of aryl methyl sites for hydroxylation is 2. The summed E-state index contributed by atoms with van der Waals surface area (Å²) in [7, 11) is 0. The molecule has 2 bridgehead atoms. The Morgan fingerprint density at radius 2 is 0.768 bits per heavy atom. The fraction of sp³-hybridized carbons (Fsp3) is 0.224. The minimum absolute atomic E-state index is 0.00519. The summed E-state index contributed by atoms with van der Waals surface area (Å²) in [5.41, 5.74) is 20.6. The van der Waals surface area contributed by atoms with Crippen molar-refractivity contribution < 1.29 is 0 Å². The first-order valence-corrected chi connectivity index (χ1v) is 24.9. The van der Waals surface area contributed by atoms with Crippen molar-refractivity contribution >= 4 is 66.4 Å². The second kappa shape index (κ2) is 16.2. The van der Waals surface area contributed by atoms with Crippen LogP contribution >= 0.6 is 0 Å². The minimum atomic E-state index is -0.152. The van der Waals surface area contributed by atoms with Crippen molar-refractivity contribution in [2.24, 2.45) is 0 Å². The molecule has 0 spiro atoms. The summed E-state index contributed by atoms with van der Waals surface area (Å²) < 4.78 is 0. The Labute approximate surface area is 410 Å². The van der Waals surface area contributed by atoms with Gasteiger partial charge in [0.05, 0.1) is 34.1 Å². The third-order valence-electron chi connectivity index (χ3n) is 14.7. The van der Waals surface area contributed by atoms with Gasteiger partial charge in [0, 0.05) is 22.6 Å². The summed E-state index contributed by atoms with van der Waals surface area (Å²) in [6.45, 7) is 25.6. The van der Waals surface area contributed by atoms with E-state index in [0.717, 1.165) is 6.42 Å². The lowest BCUT2D eigenvalue weighted by molar-refractivity contribution is 0.590. The zero-order chi connectivity index (χ0) is 48.1. The molecule has 2 nitrogen and oxygen atoms in total. The van der Waals surface area contributed by atoms with Crippen LogP contribution in [0.1, 0.15) is 101 Å². The summed E-state index contributed by atoms with van der Waals surface area (Å²) in [5.74, 6) is 0. The SMILES string of the molecule is Cc1ccc(C(C)(C)C)c(N2c3cc(-c4ccccc4)ccc3Cc3ccc(-c4ccccc4)cc3N(c3cc(C)ccc3C(C)(C)C)c3cc2c2ccc4cc(C(C)(C)C)cc5ccc3c2c45)c1. The van der Waals surface area contributed by atoms with Crippen molar-refractivity contribution in [2.45, 2.75) is 98.8 Å². The molecule has 0 radical (unpaired) electrons. The Kier molecular flexibility index (Phi) is 10.4. The maximum absolute atomic E-state index is 2.66. The van der Waals surface area contributed by atoms with Crippen LogP contribution in [0.4, 0.5) is 34.1 Å². The van der Waals surface area contributed by atoms with Crippen molar-refractivity contribution in [1.29, 1.82) is 0 Å². The molecule has 0 saturated carbocycles. The highest BCUT2D eigenvalue weighted by Crippen LogP contribution is 2.55. The Bertz CT molecular complexity index is 3370. The number of hydrogen-bond acceptors (Lipinski definition) is 2. The number of anilines is 6. The third-order valence-corrected chi connectivity index (χ3v) is 14.7. The van der Waals surface area contributed by atoms with Crippen LogP contribution in [-0.4, -0.2) is 0 Å². The molecule has 342 valence electrons. The molecular formula is C67H64N2. The molecule has 0 N–H and O–H groups in total. The molecule has 0 unspecified atom stereocenters. The monoisotopic (exact) mass is 897 g/mol. The van der Waals surface area contributed by atoms with E-state index in [1.54, 1.807) is 0 Å². The molecule has 10 aromatic rings. The molecule has 0 fully saturated rings. The van der Waals surface area contributed by atoms with Gasteiger partial charge in [-0.2, -0.15) is 0 Å². The van der Waals surface area contributed by atoms with Crippen LogP contribution in [0.2, 0.25) is 0 Å². The van der Waals surface area contributed by atoms with Gasteiger partial charge >= 0.3 is 0 Å². The van der Waals surface area contributed by atoms with Crippen LogP contribution < -0.4 is 9.80 Å². The van der Waals surface area contributed by atoms with Crippen LogP contribution in [0.25, 0.3) is 54.6 Å². The van der Waals surface area contributed by atoms with Crippen LogP contribution in [0.3, 0.4) is 0 Å². The number of nitrogens with zero attached hydrogens (tertiary/aromatic N) is 2. The molecule has 1 aliphatic rings. The lowest BCUT2D eigenvalue weighted by Gasteiger charge is -2.39. The molecule has 2 heteroatoms. The second-order valence-corrected chi connectivity index (χ2v) is 22.9. The lowest BCUT2D eigenvalue weighted by atomic mass is 9.82. The predicted octanol–water partition coefficient (Wildman–Crippen LogP) is 19.3. The van der Waals surface area contributed by atoms with Gasteiger partial charge in [-0.05, 0) is 138 Å². The van der Waals surface area contributed by atoms with Gasteiger partial charge in [0.2, 0.25) is 0 Å². The van der Waals surface area contributed by atoms with E-state index in [2.05, 4.69) is 262 Å². The zero-order valence-electron chi connectivity index (χ0n) is 42.3. The van der Waals surface area contributed by atoms with Gasteiger partial charge in [-0.25, -0.2) is 0 Å². The molecule has 11 rings (SSSR count). The second-order valence-electron chi connectivity index (χ2n) is 22.9. The van der Waals surface area contributed by atoms with Crippen molar-refractivity contribution in [2.75, 3.05) is 9.80 Å². The van der Waals surface area contributed by atoms with Crippen molar-refractivity contribution in [3.63, 3.8) is 0 Å². The largest absolute Gasteiger partial charge is 0.309 e. The maximum Gasteiger partial charge on any atom is 0.0561 e. The smallest absolute Gasteiger partial charge is 0.0561 e. The van der Waals surface area contributed by atoms with Gasteiger partial charge in [0.15, 0.2) is 0 Å². The summed E-state index contributed by atoms with van der Waals surface area (Å²) in [6, 6.07) is 67.6. The number of hydrogen-bond donors (Lipinski definition) is 0. The lowest BCUT2D eigenvalue weighted by Crippen LogP contribution is -2.23. The van der Waals surface area contributed by atoms with E-state index in [9.17, 15) is 0 Å². The number of benzene rings is 10. The van der Waals surface area contributed by atoms with Gasteiger partial charge in [0.25, 0.3) is 0 Å². The summed E-state index contributed by atoms with van der Waals surface area (Å²) in [4.78, 5) is 5.32. The molecule has 0 saturated heterocycles. The minimum Gasteiger partial charge on any atom is -0.309 e. The maximum atomic E-state index is 2.66. The Morgan fingerprint density at radius 1 is 0.333 bits per heavy atom. The van der Waals surface area contributed by atoms with Crippen LogP contribution in [0.5, 0.6) is 0 Å². The summed E-state index contributed by atoms with van der Waals surface area (Å²) >= 11 is 0. The highest BCUT2D eigenvalue weighted by atomic mass is 15.2. The molecule has 0 aromatic heterocycles. The average molecular weight is 897 g/mol. The number of fused-ring (bicyclic) bond motifs is 6. The van der Waals surface area contributed by atoms with Gasteiger partial charge in [-0.15, -0.1) is 0 Å². The Hall–Kier alpha value is -7.16. The van der Waals surface area contributed by atoms with Crippen molar-refractivity contribution in [1.82, 2.24) is 0 Å².